The zero-order valence-electron chi connectivity index (χ0n) is 8.51. The SMILES string of the molecule is CC(SCCCCCC(F)(F)F)C(=O)O. The molecule has 1 N–H and O–H groups in total. The fourth-order valence-electron chi connectivity index (χ4n) is 0.936. The summed E-state index contributed by atoms with van der Waals surface area (Å²) in [5.41, 5.74) is 0. The van der Waals surface area contributed by atoms with Crippen molar-refractivity contribution >= 4 is 17.7 Å². The molecule has 0 saturated heterocycles. The van der Waals surface area contributed by atoms with Crippen molar-refractivity contribution in [3.05, 3.63) is 0 Å². The molecule has 1 unspecified atom stereocenters. The fourth-order valence-corrected chi connectivity index (χ4v) is 1.80. The minimum Gasteiger partial charge on any atom is -0.480 e. The van der Waals surface area contributed by atoms with Crippen LogP contribution in [0.4, 0.5) is 13.2 Å². The topological polar surface area (TPSA) is 37.3 Å². The Morgan fingerprint density at radius 2 is 1.93 bits per heavy atom. The predicted molar refractivity (Wildman–Crippen MR) is 54.1 cm³/mol. The van der Waals surface area contributed by atoms with Crippen LogP contribution in [0.25, 0.3) is 0 Å². The summed E-state index contributed by atoms with van der Waals surface area (Å²) in [7, 11) is 0. The fraction of sp³-hybridized carbons (Fsp3) is 0.889. The third-order valence-corrected chi connectivity index (χ3v) is 3.05. The van der Waals surface area contributed by atoms with Crippen LogP contribution < -0.4 is 0 Å². The number of carboxylic acid groups (broad SMARTS) is 1. The van der Waals surface area contributed by atoms with Crippen molar-refractivity contribution in [1.82, 2.24) is 0 Å². The van der Waals surface area contributed by atoms with E-state index in [1.807, 2.05) is 0 Å². The van der Waals surface area contributed by atoms with Gasteiger partial charge in [0.15, 0.2) is 0 Å². The number of rotatable bonds is 7. The van der Waals surface area contributed by atoms with Gasteiger partial charge < -0.3 is 5.11 Å². The zero-order valence-corrected chi connectivity index (χ0v) is 9.33. The van der Waals surface area contributed by atoms with Gasteiger partial charge >= 0.3 is 12.1 Å². The Hall–Kier alpha value is -0.390. The first-order chi connectivity index (χ1) is 6.83. The second kappa shape index (κ2) is 6.98. The highest BCUT2D eigenvalue weighted by molar-refractivity contribution is 8.00. The van der Waals surface area contributed by atoms with Crippen LogP contribution >= 0.6 is 11.8 Å². The summed E-state index contributed by atoms with van der Waals surface area (Å²) in [6.45, 7) is 1.57. The van der Waals surface area contributed by atoms with E-state index in [4.69, 9.17) is 5.11 Å². The van der Waals surface area contributed by atoms with Crippen LogP contribution in [0.3, 0.4) is 0 Å². The van der Waals surface area contributed by atoms with Crippen molar-refractivity contribution in [2.24, 2.45) is 0 Å². The number of carboxylic acids is 1. The highest BCUT2D eigenvalue weighted by Crippen LogP contribution is 2.23. The lowest BCUT2D eigenvalue weighted by atomic mass is 10.2. The summed E-state index contributed by atoms with van der Waals surface area (Å²) in [5, 5.41) is 8.04. The first kappa shape index (κ1) is 14.6. The van der Waals surface area contributed by atoms with E-state index in [9.17, 15) is 18.0 Å². The van der Waals surface area contributed by atoms with E-state index < -0.39 is 23.8 Å². The van der Waals surface area contributed by atoms with E-state index in [2.05, 4.69) is 0 Å². The monoisotopic (exact) mass is 244 g/mol. The van der Waals surface area contributed by atoms with Gasteiger partial charge in [-0.3, -0.25) is 4.79 Å². The van der Waals surface area contributed by atoms with Gasteiger partial charge in [-0.1, -0.05) is 6.42 Å². The molecule has 0 saturated carbocycles. The Labute approximate surface area is 91.2 Å². The number of alkyl halides is 3. The van der Waals surface area contributed by atoms with Crippen LogP contribution in [-0.2, 0) is 4.79 Å². The molecule has 0 fully saturated rings. The number of unbranched alkanes of at least 4 members (excludes halogenated alkanes) is 2. The summed E-state index contributed by atoms with van der Waals surface area (Å²) in [5.74, 6) is -0.277. The van der Waals surface area contributed by atoms with Gasteiger partial charge in [0, 0.05) is 6.42 Å². The first-order valence-electron chi connectivity index (χ1n) is 4.74. The van der Waals surface area contributed by atoms with E-state index in [1.165, 1.54) is 11.8 Å². The van der Waals surface area contributed by atoms with Crippen LogP contribution in [0.15, 0.2) is 0 Å². The van der Waals surface area contributed by atoms with Gasteiger partial charge in [-0.05, 0) is 25.5 Å². The molecule has 0 aliphatic rings. The van der Waals surface area contributed by atoms with Gasteiger partial charge in [-0.2, -0.15) is 13.2 Å². The van der Waals surface area contributed by atoms with Crippen molar-refractivity contribution in [2.45, 2.75) is 44.0 Å². The molecule has 0 aromatic heterocycles. The van der Waals surface area contributed by atoms with Crippen molar-refractivity contribution < 1.29 is 23.1 Å². The summed E-state index contributed by atoms with van der Waals surface area (Å²) >= 11 is 1.26. The number of halogens is 3. The summed E-state index contributed by atoms with van der Waals surface area (Å²) in [6, 6.07) is 0. The Bertz CT molecular complexity index is 194. The van der Waals surface area contributed by atoms with E-state index in [0.717, 1.165) is 0 Å². The molecule has 90 valence electrons. The largest absolute Gasteiger partial charge is 0.480 e. The molecule has 0 aliphatic heterocycles. The number of hydrogen-bond acceptors (Lipinski definition) is 2. The van der Waals surface area contributed by atoms with Gasteiger partial charge in [-0.15, -0.1) is 11.8 Å². The smallest absolute Gasteiger partial charge is 0.389 e. The lowest BCUT2D eigenvalue weighted by Gasteiger charge is -2.07. The first-order valence-corrected chi connectivity index (χ1v) is 5.79. The third kappa shape index (κ3) is 9.90. The molecule has 2 nitrogen and oxygen atoms in total. The molecule has 15 heavy (non-hydrogen) atoms. The quantitative estimate of drug-likeness (QED) is 0.698. The number of aliphatic carboxylic acids is 1. The third-order valence-electron chi connectivity index (χ3n) is 1.82. The maximum absolute atomic E-state index is 11.7. The van der Waals surface area contributed by atoms with Crippen LogP contribution in [0.1, 0.15) is 32.6 Å². The predicted octanol–water partition coefficient (Wildman–Crippen LogP) is 3.32. The Kier molecular flexibility index (Phi) is 6.80. The van der Waals surface area contributed by atoms with Crippen molar-refractivity contribution in [3.63, 3.8) is 0 Å². The normalized spacial score (nSPS) is 13.9. The molecule has 0 radical (unpaired) electrons. The standard InChI is InChI=1S/C9H15F3O2S/c1-7(8(13)14)15-6-4-2-3-5-9(10,11)12/h7H,2-6H2,1H3,(H,13,14). The molecular weight excluding hydrogens is 229 g/mol. The lowest BCUT2D eigenvalue weighted by Crippen LogP contribution is -2.12. The Morgan fingerprint density at radius 3 is 2.40 bits per heavy atom. The second-order valence-electron chi connectivity index (χ2n) is 3.28. The summed E-state index contributed by atoms with van der Waals surface area (Å²) in [6.07, 6.45) is -3.55. The Balaban J connectivity index is 3.29. The molecule has 0 aromatic carbocycles. The van der Waals surface area contributed by atoms with E-state index >= 15 is 0 Å². The number of hydrogen-bond donors (Lipinski definition) is 1. The van der Waals surface area contributed by atoms with Crippen LogP contribution in [0.2, 0.25) is 0 Å². The maximum atomic E-state index is 11.7. The van der Waals surface area contributed by atoms with E-state index in [0.29, 0.717) is 18.6 Å². The van der Waals surface area contributed by atoms with Gasteiger partial charge in [0.1, 0.15) is 0 Å². The minimum atomic E-state index is -4.07. The molecule has 0 aromatic rings. The van der Waals surface area contributed by atoms with Crippen molar-refractivity contribution in [3.8, 4) is 0 Å². The second-order valence-corrected chi connectivity index (χ2v) is 4.73. The van der Waals surface area contributed by atoms with Gasteiger partial charge in [-0.25, -0.2) is 0 Å². The average molecular weight is 244 g/mol. The zero-order chi connectivity index (χ0) is 11.9. The lowest BCUT2D eigenvalue weighted by molar-refractivity contribution is -0.136. The highest BCUT2D eigenvalue weighted by atomic mass is 32.2. The highest BCUT2D eigenvalue weighted by Gasteiger charge is 2.25. The van der Waals surface area contributed by atoms with Gasteiger partial charge in [0.05, 0.1) is 5.25 Å². The van der Waals surface area contributed by atoms with Crippen LogP contribution in [0, 0.1) is 0 Å². The molecule has 0 aliphatic carbocycles. The van der Waals surface area contributed by atoms with Crippen LogP contribution in [0.5, 0.6) is 0 Å². The number of thioether (sulfide) groups is 1. The maximum Gasteiger partial charge on any atom is 0.389 e. The summed E-state index contributed by atoms with van der Waals surface area (Å²) < 4.78 is 35.1. The molecule has 6 heteroatoms. The van der Waals surface area contributed by atoms with Gasteiger partial charge in [0.25, 0.3) is 0 Å². The molecule has 0 rings (SSSR count). The van der Waals surface area contributed by atoms with E-state index in [-0.39, 0.29) is 6.42 Å². The average Bonchev–Trinajstić information content (AvgIpc) is 2.08. The molecular formula is C9H15F3O2S. The molecule has 1 atom stereocenters. The molecule has 0 heterocycles. The molecule has 0 amide bonds. The van der Waals surface area contributed by atoms with Gasteiger partial charge in [0.2, 0.25) is 0 Å². The van der Waals surface area contributed by atoms with Crippen molar-refractivity contribution in [2.75, 3.05) is 5.75 Å². The van der Waals surface area contributed by atoms with E-state index in [1.54, 1.807) is 6.92 Å². The van der Waals surface area contributed by atoms with Crippen molar-refractivity contribution in [1.29, 1.82) is 0 Å². The Morgan fingerprint density at radius 1 is 1.33 bits per heavy atom. The molecule has 0 spiro atoms. The molecule has 0 bridgehead atoms. The minimum absolute atomic E-state index is 0.130. The summed E-state index contributed by atoms with van der Waals surface area (Å²) in [4.78, 5) is 10.4. The van der Waals surface area contributed by atoms with Crippen LogP contribution in [-0.4, -0.2) is 28.3 Å². The number of carbonyl (C=O) groups is 1.